The molecule has 0 aromatic heterocycles. The van der Waals surface area contributed by atoms with Crippen LogP contribution in [0.25, 0.3) is 6.08 Å². The standard InChI is InChI=1S/C31H27Cl3N2O7/c1-35-28(40)30(33)14-20-18(9-10-19-24(20)27(39)36(26(19)38)17-7-5-16(32)6-8-17)21(31(30,34)29(35)41)11-4-15-12-22(42-2)25(37)23(13-15)43-3/h4-9,11-13,19-21,24,37H,10,14H2,1-3H3. The van der Waals surface area contributed by atoms with Gasteiger partial charge in [-0.2, -0.15) is 0 Å². The largest absolute Gasteiger partial charge is 0.502 e. The maximum Gasteiger partial charge on any atom is 0.253 e. The molecule has 2 aromatic rings. The lowest BCUT2D eigenvalue weighted by molar-refractivity contribution is -0.138. The Bertz CT molecular complexity index is 1620. The number of hydrogen-bond donors (Lipinski definition) is 1. The second kappa shape index (κ2) is 10.3. The summed E-state index contributed by atoms with van der Waals surface area (Å²) >= 11 is 20.3. The number of anilines is 1. The number of phenols is 1. The summed E-state index contributed by atoms with van der Waals surface area (Å²) in [7, 11) is 4.14. The second-order valence-corrected chi connectivity index (χ2v) is 12.8. The molecule has 2 heterocycles. The predicted molar refractivity (Wildman–Crippen MR) is 160 cm³/mol. The average Bonchev–Trinajstić information content (AvgIpc) is 3.32. The highest BCUT2D eigenvalue weighted by Gasteiger charge is 2.75. The fourth-order valence-electron chi connectivity index (χ4n) is 7.05. The molecule has 3 fully saturated rings. The molecule has 4 aliphatic rings. The van der Waals surface area contributed by atoms with Gasteiger partial charge in [0.05, 0.1) is 31.7 Å². The van der Waals surface area contributed by atoms with Crippen molar-refractivity contribution in [2.75, 3.05) is 26.2 Å². The number of alkyl halides is 2. The molecule has 12 heteroatoms. The van der Waals surface area contributed by atoms with Gasteiger partial charge in [0.2, 0.25) is 17.6 Å². The Labute approximate surface area is 262 Å². The zero-order chi connectivity index (χ0) is 31.0. The molecule has 1 N–H and O–H groups in total. The quantitative estimate of drug-likeness (QED) is 0.282. The normalized spacial score (nSPS) is 31.7. The number of rotatable bonds is 5. The number of fused-ring (bicyclic) bond motifs is 4. The maximum absolute atomic E-state index is 14.0. The fraction of sp³-hybridized carbons (Fsp3) is 0.355. The minimum atomic E-state index is -1.89. The lowest BCUT2D eigenvalue weighted by atomic mass is 9.57. The third-order valence-corrected chi connectivity index (χ3v) is 10.8. The summed E-state index contributed by atoms with van der Waals surface area (Å²) in [6.45, 7) is 0. The molecule has 6 rings (SSSR count). The van der Waals surface area contributed by atoms with Crippen LogP contribution in [0.5, 0.6) is 17.2 Å². The Morgan fingerprint density at radius 3 is 2.19 bits per heavy atom. The Hall–Kier alpha value is -3.53. The highest BCUT2D eigenvalue weighted by molar-refractivity contribution is 6.53. The molecule has 6 unspecified atom stereocenters. The molecule has 0 radical (unpaired) electrons. The van der Waals surface area contributed by atoms with E-state index in [1.165, 1.54) is 26.2 Å². The van der Waals surface area contributed by atoms with E-state index < -0.39 is 51.1 Å². The van der Waals surface area contributed by atoms with E-state index in [1.54, 1.807) is 48.6 Å². The van der Waals surface area contributed by atoms with Gasteiger partial charge in [0.15, 0.2) is 21.2 Å². The molecule has 9 nitrogen and oxygen atoms in total. The van der Waals surface area contributed by atoms with Crippen LogP contribution in [0.15, 0.2) is 54.1 Å². The van der Waals surface area contributed by atoms with Gasteiger partial charge in [-0.1, -0.05) is 35.4 Å². The zero-order valence-electron chi connectivity index (χ0n) is 23.3. The molecule has 2 aromatic carbocycles. The number of amides is 4. The Morgan fingerprint density at radius 2 is 1.58 bits per heavy atom. The lowest BCUT2D eigenvalue weighted by Gasteiger charge is -2.49. The van der Waals surface area contributed by atoms with Crippen LogP contribution in [0, 0.1) is 23.7 Å². The molecule has 1 saturated carbocycles. The van der Waals surface area contributed by atoms with Crippen molar-refractivity contribution in [2.24, 2.45) is 23.7 Å². The summed E-state index contributed by atoms with van der Waals surface area (Å²) < 4.78 is 10.5. The average molecular weight is 646 g/mol. The van der Waals surface area contributed by atoms with Crippen LogP contribution in [0.4, 0.5) is 5.69 Å². The van der Waals surface area contributed by atoms with Crippen molar-refractivity contribution >= 4 is 70.2 Å². The number of halogens is 3. The van der Waals surface area contributed by atoms with Crippen LogP contribution in [0.1, 0.15) is 18.4 Å². The molecule has 224 valence electrons. The number of hydrogen-bond acceptors (Lipinski definition) is 7. The predicted octanol–water partition coefficient (Wildman–Crippen LogP) is 4.80. The van der Waals surface area contributed by atoms with Crippen molar-refractivity contribution in [3.63, 3.8) is 0 Å². The van der Waals surface area contributed by atoms with Gasteiger partial charge in [-0.05, 0) is 60.7 Å². The van der Waals surface area contributed by atoms with Gasteiger partial charge in [-0.25, -0.2) is 0 Å². The van der Waals surface area contributed by atoms with Crippen LogP contribution >= 0.6 is 34.8 Å². The first-order chi connectivity index (χ1) is 20.4. The number of imide groups is 2. The van der Waals surface area contributed by atoms with Crippen molar-refractivity contribution in [3.05, 3.63) is 64.7 Å². The molecule has 2 aliphatic carbocycles. The van der Waals surface area contributed by atoms with E-state index in [1.807, 2.05) is 6.08 Å². The number of aromatic hydroxyl groups is 1. The monoisotopic (exact) mass is 644 g/mol. The summed E-state index contributed by atoms with van der Waals surface area (Å²) in [6.07, 6.45) is 5.35. The first-order valence-corrected chi connectivity index (χ1v) is 14.7. The van der Waals surface area contributed by atoms with Gasteiger partial charge in [0, 0.05) is 18.0 Å². The number of likely N-dealkylation sites (tertiary alicyclic amines) is 1. The molecule has 6 atom stereocenters. The van der Waals surface area contributed by atoms with Crippen LogP contribution in [0.3, 0.4) is 0 Å². The lowest BCUT2D eigenvalue weighted by Crippen LogP contribution is -2.60. The highest BCUT2D eigenvalue weighted by Crippen LogP contribution is 2.63. The number of methoxy groups -OCH3 is 2. The Balaban J connectivity index is 1.46. The number of carbonyl (C=O) groups excluding carboxylic acids is 4. The van der Waals surface area contributed by atoms with E-state index in [9.17, 15) is 24.3 Å². The third kappa shape index (κ3) is 4.05. The maximum atomic E-state index is 14.0. The van der Waals surface area contributed by atoms with Crippen molar-refractivity contribution in [1.82, 2.24) is 4.90 Å². The molecule has 43 heavy (non-hydrogen) atoms. The third-order valence-electron chi connectivity index (χ3n) is 9.14. The van der Waals surface area contributed by atoms with E-state index >= 15 is 0 Å². The van der Waals surface area contributed by atoms with Crippen molar-refractivity contribution in [2.45, 2.75) is 22.6 Å². The molecule has 4 amide bonds. The van der Waals surface area contributed by atoms with E-state index in [2.05, 4.69) is 0 Å². The fourth-order valence-corrected chi connectivity index (χ4v) is 8.16. The molecule has 2 aliphatic heterocycles. The number of ether oxygens (including phenoxy) is 2. The number of carbonyl (C=O) groups is 4. The summed E-state index contributed by atoms with van der Waals surface area (Å²) in [6, 6.07) is 9.57. The summed E-state index contributed by atoms with van der Waals surface area (Å²) in [5, 5.41) is 10.8. The number of benzene rings is 2. The number of nitrogens with zero attached hydrogens (tertiary/aromatic N) is 2. The van der Waals surface area contributed by atoms with E-state index in [0.717, 1.165) is 4.90 Å². The van der Waals surface area contributed by atoms with Gasteiger partial charge in [0.1, 0.15) is 0 Å². The van der Waals surface area contributed by atoms with Crippen LogP contribution in [-0.4, -0.2) is 64.7 Å². The van der Waals surface area contributed by atoms with E-state index in [0.29, 0.717) is 21.8 Å². The summed E-state index contributed by atoms with van der Waals surface area (Å²) in [4.78, 5) is 53.1. The second-order valence-electron chi connectivity index (χ2n) is 11.2. The van der Waals surface area contributed by atoms with Gasteiger partial charge >= 0.3 is 0 Å². The number of phenolic OH excluding ortho intramolecular Hbond substituents is 1. The van der Waals surface area contributed by atoms with Gasteiger partial charge < -0.3 is 14.6 Å². The first-order valence-electron chi connectivity index (χ1n) is 13.6. The van der Waals surface area contributed by atoms with Crippen molar-refractivity contribution in [3.8, 4) is 17.2 Å². The molecular formula is C31H27Cl3N2O7. The molecular weight excluding hydrogens is 619 g/mol. The highest BCUT2D eigenvalue weighted by atomic mass is 35.5. The van der Waals surface area contributed by atoms with Crippen LogP contribution in [0.2, 0.25) is 5.02 Å². The molecule has 2 saturated heterocycles. The Kier molecular flexibility index (Phi) is 7.06. The summed E-state index contributed by atoms with van der Waals surface area (Å²) in [5.41, 5.74) is 1.61. The first kappa shape index (κ1) is 29.5. The Morgan fingerprint density at radius 1 is 0.953 bits per heavy atom. The van der Waals surface area contributed by atoms with Gasteiger partial charge in [-0.15, -0.1) is 23.2 Å². The number of allylic oxidation sites excluding steroid dienone is 3. The minimum absolute atomic E-state index is 0.0986. The summed E-state index contributed by atoms with van der Waals surface area (Å²) in [5.74, 6) is -4.94. The minimum Gasteiger partial charge on any atom is -0.502 e. The van der Waals surface area contributed by atoms with E-state index in [4.69, 9.17) is 44.3 Å². The van der Waals surface area contributed by atoms with Gasteiger partial charge in [-0.3, -0.25) is 29.0 Å². The SMILES string of the molecule is COc1cc(C=CC2C3=CCC4C(=O)N(c5ccc(Cl)cc5)C(=O)C4C3CC3(Cl)C(=O)N(C)C(=O)C23Cl)cc(OC)c1O. The van der Waals surface area contributed by atoms with Gasteiger partial charge in [0.25, 0.3) is 11.8 Å². The van der Waals surface area contributed by atoms with Crippen LogP contribution < -0.4 is 14.4 Å². The molecule has 0 spiro atoms. The topological polar surface area (TPSA) is 113 Å². The van der Waals surface area contributed by atoms with Crippen molar-refractivity contribution < 1.29 is 33.8 Å². The van der Waals surface area contributed by atoms with Crippen molar-refractivity contribution in [1.29, 1.82) is 0 Å². The van der Waals surface area contributed by atoms with E-state index in [-0.39, 0.29) is 36.0 Å². The molecule has 0 bridgehead atoms. The van der Waals surface area contributed by atoms with Crippen LogP contribution in [-0.2, 0) is 19.2 Å². The zero-order valence-corrected chi connectivity index (χ0v) is 25.6. The smallest absolute Gasteiger partial charge is 0.253 e.